The van der Waals surface area contributed by atoms with Gasteiger partial charge < -0.3 is 15.0 Å². The van der Waals surface area contributed by atoms with Crippen molar-refractivity contribution in [1.82, 2.24) is 15.2 Å². The Balaban J connectivity index is 0.00000312. The van der Waals surface area contributed by atoms with Crippen LogP contribution in [0.3, 0.4) is 0 Å². The lowest BCUT2D eigenvalue weighted by Gasteiger charge is -2.33. The number of thiazole rings is 1. The molecule has 6 nitrogen and oxygen atoms in total. The number of piperidine rings is 1. The number of esters is 1. The number of carbonyl (C=O) groups excluding carboxylic acids is 1. The summed E-state index contributed by atoms with van der Waals surface area (Å²) in [7, 11) is 0. The van der Waals surface area contributed by atoms with Crippen LogP contribution >= 0.6 is 35.3 Å². The number of likely N-dealkylation sites (tertiary alicyclic amines) is 1. The Morgan fingerprint density at radius 2 is 2.20 bits per heavy atom. The zero-order chi connectivity index (χ0) is 17.5. The Morgan fingerprint density at radius 3 is 2.80 bits per heavy atom. The maximum Gasteiger partial charge on any atom is 0.310 e. The molecule has 0 amide bonds. The Labute approximate surface area is 171 Å². The van der Waals surface area contributed by atoms with Gasteiger partial charge in [-0.15, -0.1) is 35.3 Å². The van der Waals surface area contributed by atoms with Crippen LogP contribution in [0.25, 0.3) is 0 Å². The van der Waals surface area contributed by atoms with E-state index in [9.17, 15) is 4.79 Å². The highest BCUT2D eigenvalue weighted by molar-refractivity contribution is 14.0. The number of aliphatic imine (C=N–C) groups is 1. The fourth-order valence-electron chi connectivity index (χ4n) is 2.80. The van der Waals surface area contributed by atoms with Gasteiger partial charge in [-0.05, 0) is 40.5 Å². The SMILES string of the molecule is CCNC(=NCc1nc(C)c(C)s1)N1CCCC(C(=O)OCC)C1.I. The molecule has 0 radical (unpaired) electrons. The third-order valence-corrected chi connectivity index (χ3v) is 5.17. The van der Waals surface area contributed by atoms with Gasteiger partial charge in [-0.2, -0.15) is 0 Å². The molecular formula is C17H29IN4O2S. The maximum atomic E-state index is 12.0. The Morgan fingerprint density at radius 1 is 1.44 bits per heavy atom. The van der Waals surface area contributed by atoms with Crippen LogP contribution in [0, 0.1) is 19.8 Å². The molecule has 1 aromatic rings. The molecule has 2 rings (SSSR count). The lowest BCUT2D eigenvalue weighted by atomic mass is 9.98. The van der Waals surface area contributed by atoms with Gasteiger partial charge in [0, 0.05) is 24.5 Å². The number of ether oxygens (including phenoxy) is 1. The molecule has 25 heavy (non-hydrogen) atoms. The molecule has 1 saturated heterocycles. The quantitative estimate of drug-likeness (QED) is 0.304. The molecule has 1 aliphatic rings. The summed E-state index contributed by atoms with van der Waals surface area (Å²) < 4.78 is 5.18. The van der Waals surface area contributed by atoms with E-state index in [0.717, 1.165) is 42.6 Å². The van der Waals surface area contributed by atoms with Crippen molar-refractivity contribution in [1.29, 1.82) is 0 Å². The molecule has 0 bridgehead atoms. The number of halogens is 1. The van der Waals surface area contributed by atoms with Gasteiger partial charge in [0.1, 0.15) is 5.01 Å². The summed E-state index contributed by atoms with van der Waals surface area (Å²) in [4.78, 5) is 24.7. The summed E-state index contributed by atoms with van der Waals surface area (Å²) in [6.45, 7) is 11.4. The highest BCUT2D eigenvalue weighted by Crippen LogP contribution is 2.20. The predicted molar refractivity (Wildman–Crippen MR) is 113 cm³/mol. The number of carbonyl (C=O) groups is 1. The second-order valence-electron chi connectivity index (χ2n) is 5.96. The van der Waals surface area contributed by atoms with E-state index >= 15 is 0 Å². The largest absolute Gasteiger partial charge is 0.466 e. The maximum absolute atomic E-state index is 12.0. The van der Waals surface area contributed by atoms with Crippen LogP contribution in [-0.2, 0) is 16.1 Å². The number of aryl methyl sites for hydroxylation is 2. The first-order valence-corrected chi connectivity index (χ1v) is 9.49. The van der Waals surface area contributed by atoms with Crippen LogP contribution < -0.4 is 5.32 Å². The minimum Gasteiger partial charge on any atom is -0.466 e. The standard InChI is InChI=1S/C17H28N4O2S.HI/c1-5-18-17(19-10-15-20-12(3)13(4)24-15)21-9-7-8-14(11-21)16(22)23-6-2;/h14H,5-11H2,1-4H3,(H,18,19);1H. The van der Waals surface area contributed by atoms with Crippen molar-refractivity contribution in [2.24, 2.45) is 10.9 Å². The van der Waals surface area contributed by atoms with Crippen molar-refractivity contribution < 1.29 is 9.53 Å². The fraction of sp³-hybridized carbons (Fsp3) is 0.706. The summed E-state index contributed by atoms with van der Waals surface area (Å²) in [6, 6.07) is 0. The molecule has 1 fully saturated rings. The van der Waals surface area contributed by atoms with Crippen molar-refractivity contribution in [3.63, 3.8) is 0 Å². The van der Waals surface area contributed by atoms with E-state index in [4.69, 9.17) is 9.73 Å². The molecule has 1 unspecified atom stereocenters. The third kappa shape index (κ3) is 6.40. The number of hydrogen-bond donors (Lipinski definition) is 1. The van der Waals surface area contributed by atoms with Crippen LogP contribution in [0.15, 0.2) is 4.99 Å². The fourth-order valence-corrected chi connectivity index (χ4v) is 3.66. The monoisotopic (exact) mass is 480 g/mol. The smallest absolute Gasteiger partial charge is 0.310 e. The second kappa shape index (κ2) is 10.9. The molecule has 1 atom stereocenters. The zero-order valence-corrected chi connectivity index (χ0v) is 18.6. The van der Waals surface area contributed by atoms with Crippen LogP contribution in [0.4, 0.5) is 0 Å². The molecule has 142 valence electrons. The number of nitrogens with zero attached hydrogens (tertiary/aromatic N) is 3. The van der Waals surface area contributed by atoms with Crippen LogP contribution in [0.2, 0.25) is 0 Å². The Kier molecular flexibility index (Phi) is 9.70. The van der Waals surface area contributed by atoms with E-state index in [-0.39, 0.29) is 35.9 Å². The van der Waals surface area contributed by atoms with Gasteiger partial charge in [-0.25, -0.2) is 9.98 Å². The summed E-state index contributed by atoms with van der Waals surface area (Å²) in [5, 5.41) is 4.36. The Bertz CT molecular complexity index is 572. The van der Waals surface area contributed by atoms with Gasteiger partial charge in [-0.1, -0.05) is 0 Å². The van der Waals surface area contributed by atoms with E-state index in [1.165, 1.54) is 4.88 Å². The van der Waals surface area contributed by atoms with Crippen LogP contribution in [0.1, 0.15) is 42.3 Å². The highest BCUT2D eigenvalue weighted by atomic mass is 127. The molecule has 8 heteroatoms. The number of hydrogen-bond acceptors (Lipinski definition) is 5. The second-order valence-corrected chi connectivity index (χ2v) is 7.24. The summed E-state index contributed by atoms with van der Waals surface area (Å²) in [5.74, 6) is 0.702. The summed E-state index contributed by atoms with van der Waals surface area (Å²) in [5.41, 5.74) is 1.08. The van der Waals surface area contributed by atoms with Crippen molar-refractivity contribution in [2.45, 2.75) is 47.1 Å². The first kappa shape index (κ1) is 22.1. The molecule has 0 saturated carbocycles. The Hall–Kier alpha value is -0.900. The van der Waals surface area contributed by atoms with E-state index < -0.39 is 0 Å². The first-order chi connectivity index (χ1) is 11.5. The lowest BCUT2D eigenvalue weighted by molar-refractivity contribution is -0.149. The van der Waals surface area contributed by atoms with Crippen molar-refractivity contribution in [3.05, 3.63) is 15.6 Å². The van der Waals surface area contributed by atoms with Crippen LogP contribution in [0.5, 0.6) is 0 Å². The van der Waals surface area contributed by atoms with Crippen molar-refractivity contribution >= 4 is 47.2 Å². The van der Waals surface area contributed by atoms with Gasteiger partial charge in [0.05, 0.1) is 24.8 Å². The molecule has 1 N–H and O–H groups in total. The number of guanidine groups is 1. The molecule has 0 aromatic carbocycles. The topological polar surface area (TPSA) is 66.8 Å². The number of rotatable bonds is 5. The summed E-state index contributed by atoms with van der Waals surface area (Å²) in [6.07, 6.45) is 1.86. The predicted octanol–water partition coefficient (Wildman–Crippen LogP) is 3.12. The van der Waals surface area contributed by atoms with Crippen LogP contribution in [-0.4, -0.2) is 48.1 Å². The molecule has 0 aliphatic carbocycles. The molecule has 1 aromatic heterocycles. The van der Waals surface area contributed by atoms with Gasteiger partial charge in [-0.3, -0.25) is 4.79 Å². The van der Waals surface area contributed by atoms with Gasteiger partial charge in [0.15, 0.2) is 5.96 Å². The lowest BCUT2D eigenvalue weighted by Crippen LogP contribution is -2.48. The van der Waals surface area contributed by atoms with Gasteiger partial charge in [0.2, 0.25) is 0 Å². The zero-order valence-electron chi connectivity index (χ0n) is 15.5. The molecule has 1 aliphatic heterocycles. The summed E-state index contributed by atoms with van der Waals surface area (Å²) >= 11 is 1.69. The van der Waals surface area contributed by atoms with E-state index in [2.05, 4.69) is 29.0 Å². The molecule has 2 heterocycles. The van der Waals surface area contributed by atoms with Crippen molar-refractivity contribution in [3.8, 4) is 0 Å². The van der Waals surface area contributed by atoms with E-state index in [1.54, 1.807) is 11.3 Å². The molecule has 0 spiro atoms. The van der Waals surface area contributed by atoms with E-state index in [0.29, 0.717) is 19.7 Å². The molecular weight excluding hydrogens is 451 g/mol. The highest BCUT2D eigenvalue weighted by Gasteiger charge is 2.28. The normalized spacial score (nSPS) is 17.8. The van der Waals surface area contributed by atoms with Gasteiger partial charge >= 0.3 is 5.97 Å². The number of nitrogens with one attached hydrogen (secondary N) is 1. The van der Waals surface area contributed by atoms with E-state index in [1.807, 2.05) is 13.8 Å². The van der Waals surface area contributed by atoms with Crippen molar-refractivity contribution in [2.75, 3.05) is 26.2 Å². The average molecular weight is 480 g/mol. The first-order valence-electron chi connectivity index (χ1n) is 8.67. The third-order valence-electron chi connectivity index (χ3n) is 4.11. The minimum atomic E-state index is -0.0933. The number of aromatic nitrogens is 1. The average Bonchev–Trinajstić information content (AvgIpc) is 2.90. The minimum absolute atomic E-state index is 0. The van der Waals surface area contributed by atoms with Gasteiger partial charge in [0.25, 0.3) is 0 Å².